The molecule has 1 saturated carbocycles. The molecule has 0 radical (unpaired) electrons. The van der Waals surface area contributed by atoms with Crippen molar-refractivity contribution in [3.8, 4) is 0 Å². The van der Waals surface area contributed by atoms with Crippen molar-refractivity contribution >= 4 is 0 Å². The van der Waals surface area contributed by atoms with Crippen LogP contribution in [0.3, 0.4) is 0 Å². The highest BCUT2D eigenvalue weighted by atomic mass is 15.2. The van der Waals surface area contributed by atoms with Crippen molar-refractivity contribution in [1.29, 1.82) is 0 Å². The molecular formula is C14H30N2. The quantitative estimate of drug-likeness (QED) is 0.412. The minimum atomic E-state index is 0.540. The standard InChI is InChI=1S/C14H30N2/c1-3-12(2)10-14(16-15)11-13-8-6-4-5-7-9-13/h12-14,16H,3-11,15H2,1-2H3. The van der Waals surface area contributed by atoms with E-state index in [0.29, 0.717) is 6.04 Å². The number of rotatable bonds is 6. The lowest BCUT2D eigenvalue weighted by Crippen LogP contribution is -2.37. The minimum absolute atomic E-state index is 0.540. The van der Waals surface area contributed by atoms with Gasteiger partial charge in [0.1, 0.15) is 0 Å². The molecule has 0 aromatic heterocycles. The van der Waals surface area contributed by atoms with Crippen LogP contribution in [0, 0.1) is 11.8 Å². The first kappa shape index (κ1) is 14.0. The second-order valence-electron chi connectivity index (χ2n) is 5.71. The molecule has 0 heterocycles. The van der Waals surface area contributed by atoms with Gasteiger partial charge in [-0.05, 0) is 24.7 Å². The minimum Gasteiger partial charge on any atom is -0.271 e. The summed E-state index contributed by atoms with van der Waals surface area (Å²) in [7, 11) is 0. The van der Waals surface area contributed by atoms with Crippen LogP contribution in [0.5, 0.6) is 0 Å². The summed E-state index contributed by atoms with van der Waals surface area (Å²) in [5.41, 5.74) is 3.03. The topological polar surface area (TPSA) is 38.0 Å². The normalized spacial score (nSPS) is 22.7. The van der Waals surface area contributed by atoms with Crippen LogP contribution in [0.4, 0.5) is 0 Å². The molecule has 0 spiro atoms. The summed E-state index contributed by atoms with van der Waals surface area (Å²) in [4.78, 5) is 0. The highest BCUT2D eigenvalue weighted by Gasteiger charge is 2.18. The van der Waals surface area contributed by atoms with Crippen LogP contribution in [0.25, 0.3) is 0 Å². The molecule has 1 rings (SSSR count). The van der Waals surface area contributed by atoms with Crippen molar-refractivity contribution in [2.75, 3.05) is 0 Å². The van der Waals surface area contributed by atoms with Crippen LogP contribution in [0.1, 0.15) is 71.6 Å². The van der Waals surface area contributed by atoms with Crippen molar-refractivity contribution in [3.05, 3.63) is 0 Å². The van der Waals surface area contributed by atoms with Gasteiger partial charge in [-0.2, -0.15) is 0 Å². The zero-order chi connectivity index (χ0) is 11.8. The number of nitrogens with one attached hydrogen (secondary N) is 1. The molecule has 0 amide bonds. The molecule has 3 N–H and O–H groups in total. The van der Waals surface area contributed by atoms with E-state index in [2.05, 4.69) is 19.3 Å². The summed E-state index contributed by atoms with van der Waals surface area (Å²) in [5.74, 6) is 7.40. The summed E-state index contributed by atoms with van der Waals surface area (Å²) in [6.45, 7) is 4.60. The third kappa shape index (κ3) is 5.31. The second-order valence-corrected chi connectivity index (χ2v) is 5.71. The van der Waals surface area contributed by atoms with Crippen LogP contribution >= 0.6 is 0 Å². The summed E-state index contributed by atoms with van der Waals surface area (Å²) < 4.78 is 0. The molecule has 0 aliphatic heterocycles. The molecule has 2 atom stereocenters. The Balaban J connectivity index is 2.29. The Bertz CT molecular complexity index is 162. The van der Waals surface area contributed by atoms with E-state index in [4.69, 9.17) is 5.84 Å². The fourth-order valence-corrected chi connectivity index (χ4v) is 2.89. The lowest BCUT2D eigenvalue weighted by molar-refractivity contribution is 0.310. The van der Waals surface area contributed by atoms with Gasteiger partial charge in [-0.25, -0.2) is 0 Å². The molecule has 2 unspecified atom stereocenters. The van der Waals surface area contributed by atoms with Crippen molar-refractivity contribution in [3.63, 3.8) is 0 Å². The van der Waals surface area contributed by atoms with E-state index >= 15 is 0 Å². The average molecular weight is 226 g/mol. The SMILES string of the molecule is CCC(C)CC(CC1CCCCCC1)NN. The van der Waals surface area contributed by atoms with Crippen molar-refractivity contribution in [2.45, 2.75) is 77.7 Å². The Morgan fingerprint density at radius 1 is 1.19 bits per heavy atom. The molecule has 1 aliphatic carbocycles. The summed E-state index contributed by atoms with van der Waals surface area (Å²) in [6, 6.07) is 0.540. The van der Waals surface area contributed by atoms with E-state index in [1.165, 1.54) is 57.8 Å². The van der Waals surface area contributed by atoms with Crippen LogP contribution in [-0.4, -0.2) is 6.04 Å². The van der Waals surface area contributed by atoms with Gasteiger partial charge < -0.3 is 0 Å². The molecule has 1 aliphatic rings. The third-order valence-electron chi connectivity index (χ3n) is 4.21. The molecule has 0 bridgehead atoms. The number of hydrogen-bond acceptors (Lipinski definition) is 2. The Kier molecular flexibility index (Phi) is 7.06. The fraction of sp³-hybridized carbons (Fsp3) is 1.00. The van der Waals surface area contributed by atoms with E-state index in [1.807, 2.05) is 0 Å². The molecule has 96 valence electrons. The van der Waals surface area contributed by atoms with E-state index in [1.54, 1.807) is 0 Å². The average Bonchev–Trinajstić information content (AvgIpc) is 2.56. The summed E-state index contributed by atoms with van der Waals surface area (Å²) in [6.07, 6.45) is 12.4. The van der Waals surface area contributed by atoms with E-state index in [9.17, 15) is 0 Å². The number of hydrogen-bond donors (Lipinski definition) is 2. The van der Waals surface area contributed by atoms with Crippen molar-refractivity contribution in [1.82, 2.24) is 5.43 Å². The Morgan fingerprint density at radius 3 is 2.31 bits per heavy atom. The molecule has 0 aromatic carbocycles. The lowest BCUT2D eigenvalue weighted by atomic mass is 9.88. The predicted octanol–water partition coefficient (Wildman–Crippen LogP) is 3.62. The largest absolute Gasteiger partial charge is 0.271 e. The predicted molar refractivity (Wildman–Crippen MR) is 71.0 cm³/mol. The van der Waals surface area contributed by atoms with Gasteiger partial charge in [0.2, 0.25) is 0 Å². The first-order valence-corrected chi connectivity index (χ1v) is 7.22. The van der Waals surface area contributed by atoms with Crippen molar-refractivity contribution < 1.29 is 0 Å². The van der Waals surface area contributed by atoms with Gasteiger partial charge in [0.15, 0.2) is 0 Å². The summed E-state index contributed by atoms with van der Waals surface area (Å²) in [5, 5.41) is 0. The number of nitrogens with two attached hydrogens (primary N) is 1. The van der Waals surface area contributed by atoms with Crippen LogP contribution in [0.15, 0.2) is 0 Å². The van der Waals surface area contributed by atoms with Gasteiger partial charge in [0, 0.05) is 6.04 Å². The van der Waals surface area contributed by atoms with Gasteiger partial charge in [0.05, 0.1) is 0 Å². The molecule has 2 nitrogen and oxygen atoms in total. The molecule has 0 aromatic rings. The van der Waals surface area contributed by atoms with Gasteiger partial charge in [-0.1, -0.05) is 58.8 Å². The van der Waals surface area contributed by atoms with Crippen LogP contribution < -0.4 is 11.3 Å². The highest BCUT2D eigenvalue weighted by molar-refractivity contribution is 4.74. The summed E-state index contributed by atoms with van der Waals surface area (Å²) >= 11 is 0. The first-order valence-electron chi connectivity index (χ1n) is 7.22. The number of hydrazine groups is 1. The van der Waals surface area contributed by atoms with Gasteiger partial charge in [0.25, 0.3) is 0 Å². The molecule has 16 heavy (non-hydrogen) atoms. The Morgan fingerprint density at radius 2 is 1.81 bits per heavy atom. The third-order valence-corrected chi connectivity index (χ3v) is 4.21. The van der Waals surface area contributed by atoms with Gasteiger partial charge >= 0.3 is 0 Å². The maximum atomic E-state index is 5.68. The van der Waals surface area contributed by atoms with Crippen LogP contribution in [0.2, 0.25) is 0 Å². The fourth-order valence-electron chi connectivity index (χ4n) is 2.89. The molecule has 2 heteroatoms. The van der Waals surface area contributed by atoms with E-state index in [0.717, 1.165) is 11.8 Å². The Hall–Kier alpha value is -0.0800. The van der Waals surface area contributed by atoms with E-state index in [-0.39, 0.29) is 0 Å². The maximum Gasteiger partial charge on any atom is 0.0215 e. The zero-order valence-electron chi connectivity index (χ0n) is 11.2. The second kappa shape index (κ2) is 8.08. The highest BCUT2D eigenvalue weighted by Crippen LogP contribution is 2.27. The lowest BCUT2D eigenvalue weighted by Gasteiger charge is -2.24. The molecular weight excluding hydrogens is 196 g/mol. The smallest absolute Gasteiger partial charge is 0.0215 e. The van der Waals surface area contributed by atoms with Crippen molar-refractivity contribution in [2.24, 2.45) is 17.7 Å². The first-order chi connectivity index (χ1) is 7.76. The maximum absolute atomic E-state index is 5.68. The van der Waals surface area contributed by atoms with Gasteiger partial charge in [-0.3, -0.25) is 11.3 Å². The van der Waals surface area contributed by atoms with Crippen LogP contribution in [-0.2, 0) is 0 Å². The zero-order valence-corrected chi connectivity index (χ0v) is 11.2. The molecule has 1 fully saturated rings. The molecule has 0 saturated heterocycles. The Labute approximate surface area is 101 Å². The van der Waals surface area contributed by atoms with Gasteiger partial charge in [-0.15, -0.1) is 0 Å². The van der Waals surface area contributed by atoms with E-state index < -0.39 is 0 Å². The monoisotopic (exact) mass is 226 g/mol.